The summed E-state index contributed by atoms with van der Waals surface area (Å²) >= 11 is 0. The molecule has 726 valence electrons. The average molecular weight is 1850 g/mol. The Kier molecular flexibility index (Phi) is 50.8. The fourth-order valence-corrected chi connectivity index (χ4v) is 15.8. The van der Waals surface area contributed by atoms with Crippen LogP contribution >= 0.6 is 8.53 Å². The summed E-state index contributed by atoms with van der Waals surface area (Å²) in [5.41, 5.74) is -2.00. The number of aliphatic hydroxyl groups excluding tert-OH is 1. The Labute approximate surface area is 743 Å². The lowest BCUT2D eigenvalue weighted by Crippen LogP contribution is -2.72. The van der Waals surface area contributed by atoms with E-state index in [0.29, 0.717) is 25.7 Å². The van der Waals surface area contributed by atoms with Gasteiger partial charge in [-0.15, -0.1) is 0 Å². The normalized spacial score (nSPS) is 24.7. The number of carbonyl (C=O) groups excluding carboxylic acids is 16. The van der Waals surface area contributed by atoms with Crippen molar-refractivity contribution in [3.8, 4) is 6.07 Å². The summed E-state index contributed by atoms with van der Waals surface area (Å²) in [6, 6.07) is -3.24. The van der Waals surface area contributed by atoms with Crippen molar-refractivity contribution < 1.29 is 176 Å². The Balaban J connectivity index is 1.56. The van der Waals surface area contributed by atoms with Crippen molar-refractivity contribution in [3.05, 3.63) is 0 Å². The summed E-state index contributed by atoms with van der Waals surface area (Å²) in [7, 11) is -1.62. The van der Waals surface area contributed by atoms with E-state index in [-0.39, 0.29) is 130 Å². The maximum absolute atomic E-state index is 14.4. The molecule has 18 atom stereocenters. The van der Waals surface area contributed by atoms with Crippen molar-refractivity contribution in [2.24, 2.45) is 5.92 Å². The van der Waals surface area contributed by atoms with Crippen molar-refractivity contribution in [1.82, 2.24) is 47.2 Å². The number of hydrogen-bond acceptors (Lipinski definition) is 39. The molecule has 18 unspecified atom stereocenters. The SMILES string of the molecule is CC(=O)NC1C(OCCOCCNC(=O)CCC(NC(=O)CCC(NC(=O)C2CCC(OP(OCCC#N)N(C(C)C)C(C)C)CC2)C(=O)NCCOCCOC2(NC(C)=O)COC(COC(C)=O)C(OC(C)=O)C2OC(C)=O)C(=O)NCCOCCOC2OC(COC(C)=O)C(OC(C)=O)C(OC(C)O)C2NC(C)=O)OC(COC(C)=O)C(OC(C)=O)C1OC(C)=O. The second kappa shape index (κ2) is 58.5. The topological polar surface area (TPSA) is 601 Å². The average Bonchev–Trinajstić information content (AvgIpc) is 0.765. The van der Waals surface area contributed by atoms with Gasteiger partial charge in [0.2, 0.25) is 53.0 Å². The number of nitriles is 1. The van der Waals surface area contributed by atoms with Gasteiger partial charge in [0.25, 0.3) is 8.53 Å². The number of amides is 8. The van der Waals surface area contributed by atoms with Gasteiger partial charge in [-0.1, -0.05) is 0 Å². The summed E-state index contributed by atoms with van der Waals surface area (Å²) in [4.78, 5) is 206. The van der Waals surface area contributed by atoms with Crippen LogP contribution in [0.4, 0.5) is 0 Å². The molecule has 4 fully saturated rings. The second-order valence-electron chi connectivity index (χ2n) is 30.6. The molecule has 48 heteroatoms. The van der Waals surface area contributed by atoms with Crippen LogP contribution in [0.5, 0.6) is 0 Å². The van der Waals surface area contributed by atoms with E-state index in [1.807, 2.05) is 27.7 Å². The van der Waals surface area contributed by atoms with Crippen LogP contribution in [-0.4, -0.2) is 339 Å². The van der Waals surface area contributed by atoms with E-state index in [4.69, 9.17) is 94.3 Å². The molecule has 0 bridgehead atoms. The quantitative estimate of drug-likeness (QED) is 0.0111. The van der Waals surface area contributed by atoms with Crippen LogP contribution in [0.2, 0.25) is 0 Å². The first kappa shape index (κ1) is 111. The highest BCUT2D eigenvalue weighted by atomic mass is 31.2. The third-order valence-electron chi connectivity index (χ3n) is 19.1. The molecule has 0 spiro atoms. The smallest absolute Gasteiger partial charge is 0.303 e. The molecule has 3 heterocycles. The molecule has 4 aliphatic rings. The molecule has 47 nitrogen and oxygen atoms in total. The minimum Gasteiger partial charge on any atom is -0.463 e. The number of nitrogens with zero attached hydrogens (tertiary/aromatic N) is 2. The lowest BCUT2D eigenvalue weighted by Gasteiger charge is -2.48. The predicted molar refractivity (Wildman–Crippen MR) is 437 cm³/mol. The third-order valence-corrected chi connectivity index (χ3v) is 21.3. The van der Waals surface area contributed by atoms with Crippen LogP contribution in [-0.2, 0) is 171 Å². The molecule has 0 radical (unpaired) electrons. The largest absolute Gasteiger partial charge is 0.463 e. The highest BCUT2D eigenvalue weighted by Gasteiger charge is 2.58. The highest BCUT2D eigenvalue weighted by Crippen LogP contribution is 2.49. The van der Waals surface area contributed by atoms with E-state index in [1.165, 1.54) is 20.8 Å². The van der Waals surface area contributed by atoms with Gasteiger partial charge >= 0.3 is 47.8 Å². The minimum absolute atomic E-state index is 0.0156. The Bertz CT molecular complexity index is 3640. The maximum atomic E-state index is 14.4. The second-order valence-corrected chi connectivity index (χ2v) is 32.0. The van der Waals surface area contributed by atoms with Gasteiger partial charge in [0.15, 0.2) is 49.4 Å². The fourth-order valence-electron chi connectivity index (χ4n) is 14.0. The summed E-state index contributed by atoms with van der Waals surface area (Å²) in [5, 5.41) is 40.9. The maximum Gasteiger partial charge on any atom is 0.303 e. The van der Waals surface area contributed by atoms with Gasteiger partial charge < -0.3 is 142 Å². The number of carbonyl (C=O) groups is 16. The zero-order valence-corrected chi connectivity index (χ0v) is 76.3. The Morgan fingerprint density at radius 3 is 1.38 bits per heavy atom. The number of aliphatic hydroxyl groups is 1. The van der Waals surface area contributed by atoms with Crippen LogP contribution in [0, 0.1) is 17.2 Å². The van der Waals surface area contributed by atoms with Crippen molar-refractivity contribution in [2.45, 2.75) is 290 Å². The number of nitrogens with one attached hydrogen (secondary N) is 8. The molecule has 0 aromatic carbocycles. The molecule has 4 rings (SSSR count). The zero-order chi connectivity index (χ0) is 95.3. The Morgan fingerprint density at radius 2 is 0.922 bits per heavy atom. The predicted octanol–water partition coefficient (Wildman–Crippen LogP) is -1.42. The van der Waals surface area contributed by atoms with Crippen molar-refractivity contribution in [3.63, 3.8) is 0 Å². The van der Waals surface area contributed by atoms with Gasteiger partial charge in [-0.05, 0) is 73.1 Å². The molecule has 0 aromatic rings. The van der Waals surface area contributed by atoms with Crippen molar-refractivity contribution in [1.29, 1.82) is 5.26 Å². The third kappa shape index (κ3) is 41.3. The van der Waals surface area contributed by atoms with Gasteiger partial charge in [-0.25, -0.2) is 4.67 Å². The van der Waals surface area contributed by atoms with E-state index in [1.54, 1.807) is 0 Å². The van der Waals surface area contributed by atoms with Gasteiger partial charge in [0.05, 0.1) is 91.3 Å². The van der Waals surface area contributed by atoms with Gasteiger partial charge in [-0.3, -0.25) is 76.7 Å². The summed E-state index contributed by atoms with van der Waals surface area (Å²) < 4.78 is 117. The van der Waals surface area contributed by atoms with Crippen LogP contribution < -0.4 is 42.5 Å². The summed E-state index contributed by atoms with van der Waals surface area (Å²) in [6.07, 6.45) is -16.7. The Morgan fingerprint density at radius 1 is 0.484 bits per heavy atom. The van der Waals surface area contributed by atoms with Gasteiger partial charge in [0, 0.05) is 127 Å². The molecule has 9 N–H and O–H groups in total. The molecule has 3 saturated heterocycles. The molecule has 0 aromatic heterocycles. The molecule has 128 heavy (non-hydrogen) atoms. The van der Waals surface area contributed by atoms with Crippen molar-refractivity contribution in [2.75, 3.05) is 112 Å². The molecule has 3 aliphatic heterocycles. The standard InChI is InChI=1S/C80H129N10O37P/c1-44(2)90(45(3)4)128(118-30-17-26-81)127-59-20-18-58(19-21-59)75(105)88-61(77(107)84-29-33-110-36-39-117-80(89-48(7)93)43-116-62(40-113-49(8)94)71(121-54(13)99)74(80)124-57(16)102)23-25-66(104)87-60(76(106)83-28-32-109-35-38-112-79-68(86-47(6)92)73(123-56(15)101)70(120-53(12)98)64(126-79)42-115-51(10)96)22-24-65(103)82-27-31-108-34-37-111-78-67(85-46(5)91)72(122-55(14)100)69(119-52(11)97)63(125-78)41-114-50(9)95/h44-45,56,58-64,67-74,78-79,101H,17-25,27-43H2,1-16H3,(H,82,103)(H,83,106)(H,84,107)(H,85,91)(H,86,92)(H,87,104)(H,88,105)(H,89,93). The highest BCUT2D eigenvalue weighted by molar-refractivity contribution is 7.44. The monoisotopic (exact) mass is 1850 g/mol. The summed E-state index contributed by atoms with van der Waals surface area (Å²) in [6.45, 7) is 17.3. The van der Waals surface area contributed by atoms with Crippen LogP contribution in [0.3, 0.4) is 0 Å². The molecule has 1 aliphatic carbocycles. The number of ether oxygens (including phenoxy) is 18. The number of hydrogen-bond donors (Lipinski definition) is 9. The first-order valence-corrected chi connectivity index (χ1v) is 43.3. The van der Waals surface area contributed by atoms with Gasteiger partial charge in [0.1, 0.15) is 68.4 Å². The Hall–Kier alpha value is -9.12. The lowest BCUT2D eigenvalue weighted by molar-refractivity contribution is -0.297. The minimum atomic E-state index is -2.00. The van der Waals surface area contributed by atoms with E-state index in [2.05, 4.69) is 53.3 Å². The van der Waals surface area contributed by atoms with E-state index < -0.39 is 246 Å². The molecular formula is C80H129N10O37P. The molecule has 1 saturated carbocycles. The molecule has 8 amide bonds. The van der Waals surface area contributed by atoms with Crippen LogP contribution in [0.15, 0.2) is 0 Å². The summed E-state index contributed by atoms with van der Waals surface area (Å²) in [5.74, 6) is -12.3. The van der Waals surface area contributed by atoms with E-state index >= 15 is 0 Å². The van der Waals surface area contributed by atoms with E-state index in [0.717, 1.165) is 62.3 Å². The van der Waals surface area contributed by atoms with Gasteiger partial charge in [-0.2, -0.15) is 5.26 Å². The molecular weight excluding hydrogens is 1720 g/mol. The first-order valence-electron chi connectivity index (χ1n) is 42.2. The van der Waals surface area contributed by atoms with Crippen molar-refractivity contribution >= 4 is 104 Å². The van der Waals surface area contributed by atoms with Crippen LogP contribution in [0.1, 0.15) is 169 Å². The lowest BCUT2D eigenvalue weighted by atomic mass is 9.86. The van der Waals surface area contributed by atoms with E-state index in [9.17, 15) is 87.1 Å². The number of rotatable bonds is 56. The fraction of sp³-hybridized carbons (Fsp3) is 0.787. The zero-order valence-electron chi connectivity index (χ0n) is 75.4. The number of esters is 8. The van der Waals surface area contributed by atoms with Crippen LogP contribution in [0.25, 0.3) is 0 Å². The first-order chi connectivity index (χ1) is 60.5.